The van der Waals surface area contributed by atoms with E-state index in [9.17, 15) is 24.5 Å². The summed E-state index contributed by atoms with van der Waals surface area (Å²) in [5, 5.41) is 11.1. The fraction of sp³-hybridized carbons (Fsp3) is 0.265. The number of nitro benzene ring substituents is 1. The number of nitro groups is 1. The van der Waals surface area contributed by atoms with Gasteiger partial charge >= 0.3 is 5.97 Å². The Morgan fingerprint density at radius 1 is 0.905 bits per heavy atom. The third-order valence-electron chi connectivity index (χ3n) is 8.56. The molecule has 6 rings (SSSR count). The van der Waals surface area contributed by atoms with Crippen molar-refractivity contribution in [3.63, 3.8) is 0 Å². The van der Waals surface area contributed by atoms with Gasteiger partial charge in [0, 0.05) is 12.1 Å². The molecular weight excluding hydrogens is 532 g/mol. The largest absolute Gasteiger partial charge is 0.426 e. The standard InChI is InChI=1S/C34H30N2O6/c1-2-9-23-20-24-16-19-27(21-10-5-3-6-11-21)31(42-34(39)22-14-17-26(18-15-22)36(40)41)28(24)30-29(23)32(37)35(33(30)38)25-12-7-4-8-13-25/h3-8,10-15,17-18,20,23,28-30H,2,9,16,19H2,1H3/t23-,28+,29-,30+/m1/s1. The maximum absolute atomic E-state index is 14.3. The number of para-hydroxylation sites is 1. The SMILES string of the molecule is CCC[C@@H]1C=C2CCC(c3ccccc3)=C(OC(=O)c3ccc([N+](=O)[O-])cc3)[C@@H]2[C@@H]2C(=O)N(c3ccccc3)C(=O)[C@@H]21. The van der Waals surface area contributed by atoms with Crippen LogP contribution in [0.15, 0.2) is 102 Å². The second kappa shape index (κ2) is 11.2. The summed E-state index contributed by atoms with van der Waals surface area (Å²) in [6.45, 7) is 2.07. The number of hydrogen-bond donors (Lipinski definition) is 0. The summed E-state index contributed by atoms with van der Waals surface area (Å²) in [6.07, 6.45) is 5.07. The quantitative estimate of drug-likeness (QED) is 0.104. The monoisotopic (exact) mass is 562 g/mol. The van der Waals surface area contributed by atoms with Crippen molar-refractivity contribution >= 4 is 34.7 Å². The number of anilines is 1. The number of nitrogens with zero attached hydrogens (tertiary/aromatic N) is 2. The van der Waals surface area contributed by atoms with Crippen LogP contribution in [0.25, 0.3) is 5.57 Å². The van der Waals surface area contributed by atoms with Crippen molar-refractivity contribution in [1.82, 2.24) is 0 Å². The van der Waals surface area contributed by atoms with Gasteiger partial charge in [0.05, 0.1) is 33.9 Å². The molecule has 1 aliphatic heterocycles. The summed E-state index contributed by atoms with van der Waals surface area (Å²) in [6, 6.07) is 23.8. The Bertz CT molecular complexity index is 1610. The molecule has 0 bridgehead atoms. The lowest BCUT2D eigenvalue weighted by Gasteiger charge is -2.40. The number of esters is 1. The first-order valence-electron chi connectivity index (χ1n) is 14.3. The van der Waals surface area contributed by atoms with Gasteiger partial charge in [0.1, 0.15) is 5.76 Å². The topological polar surface area (TPSA) is 107 Å². The predicted octanol–water partition coefficient (Wildman–Crippen LogP) is 6.74. The van der Waals surface area contributed by atoms with E-state index in [-0.39, 0.29) is 29.0 Å². The van der Waals surface area contributed by atoms with Gasteiger partial charge < -0.3 is 4.74 Å². The molecule has 42 heavy (non-hydrogen) atoms. The zero-order chi connectivity index (χ0) is 29.4. The predicted molar refractivity (Wildman–Crippen MR) is 157 cm³/mol. The summed E-state index contributed by atoms with van der Waals surface area (Å²) in [5.41, 5.74) is 3.27. The van der Waals surface area contributed by atoms with Crippen LogP contribution in [-0.2, 0) is 14.3 Å². The smallest absolute Gasteiger partial charge is 0.343 e. The minimum atomic E-state index is -0.715. The third-order valence-corrected chi connectivity index (χ3v) is 8.56. The Balaban J connectivity index is 1.47. The summed E-state index contributed by atoms with van der Waals surface area (Å²) in [5.74, 6) is -2.77. The average Bonchev–Trinajstić information content (AvgIpc) is 3.28. The molecule has 0 spiro atoms. The number of allylic oxidation sites excluding steroid dienone is 3. The number of amides is 2. The van der Waals surface area contributed by atoms with Crippen molar-refractivity contribution in [3.8, 4) is 0 Å². The molecule has 3 aromatic rings. The van der Waals surface area contributed by atoms with E-state index < -0.39 is 28.6 Å². The van der Waals surface area contributed by atoms with Gasteiger partial charge in [-0.2, -0.15) is 0 Å². The van der Waals surface area contributed by atoms with Gasteiger partial charge in [-0.3, -0.25) is 24.6 Å². The number of fused-ring (bicyclic) bond motifs is 3. The molecule has 0 aromatic heterocycles. The van der Waals surface area contributed by atoms with E-state index in [2.05, 4.69) is 13.0 Å². The molecule has 2 aliphatic carbocycles. The summed E-state index contributed by atoms with van der Waals surface area (Å²) < 4.78 is 6.19. The Morgan fingerprint density at radius 2 is 1.55 bits per heavy atom. The summed E-state index contributed by atoms with van der Waals surface area (Å²) >= 11 is 0. The Morgan fingerprint density at radius 3 is 2.19 bits per heavy atom. The zero-order valence-corrected chi connectivity index (χ0v) is 23.1. The highest BCUT2D eigenvalue weighted by atomic mass is 16.6. The van der Waals surface area contributed by atoms with Crippen molar-refractivity contribution in [2.24, 2.45) is 23.7 Å². The number of benzene rings is 3. The number of non-ortho nitro benzene ring substituents is 1. The number of hydrogen-bond acceptors (Lipinski definition) is 6. The Labute approximate surface area is 243 Å². The van der Waals surface area contributed by atoms with E-state index in [1.54, 1.807) is 24.3 Å². The molecule has 1 heterocycles. The fourth-order valence-corrected chi connectivity index (χ4v) is 6.73. The highest BCUT2D eigenvalue weighted by Crippen LogP contribution is 2.54. The molecular formula is C34H30N2O6. The van der Waals surface area contributed by atoms with Crippen LogP contribution in [0.5, 0.6) is 0 Å². The molecule has 8 heteroatoms. The molecule has 2 amide bonds. The van der Waals surface area contributed by atoms with Crippen LogP contribution >= 0.6 is 0 Å². The molecule has 0 unspecified atom stereocenters. The fourth-order valence-electron chi connectivity index (χ4n) is 6.73. The highest BCUT2D eigenvalue weighted by molar-refractivity contribution is 6.22. The molecule has 0 radical (unpaired) electrons. The lowest BCUT2D eigenvalue weighted by Crippen LogP contribution is -2.39. The molecule has 0 saturated carbocycles. The maximum Gasteiger partial charge on any atom is 0.343 e. The van der Waals surface area contributed by atoms with Gasteiger partial charge in [0.2, 0.25) is 11.8 Å². The number of ether oxygens (including phenoxy) is 1. The second-order valence-electron chi connectivity index (χ2n) is 11.0. The zero-order valence-electron chi connectivity index (χ0n) is 23.1. The van der Waals surface area contributed by atoms with Gasteiger partial charge in [-0.1, -0.05) is 73.5 Å². The highest BCUT2D eigenvalue weighted by Gasteiger charge is 2.58. The summed E-state index contributed by atoms with van der Waals surface area (Å²) in [7, 11) is 0. The lowest BCUT2D eigenvalue weighted by molar-refractivity contribution is -0.384. The molecule has 3 aromatic carbocycles. The molecule has 1 saturated heterocycles. The molecule has 0 N–H and O–H groups in total. The third kappa shape index (κ3) is 4.72. The van der Waals surface area contributed by atoms with E-state index >= 15 is 0 Å². The second-order valence-corrected chi connectivity index (χ2v) is 11.0. The molecule has 1 fully saturated rings. The van der Waals surface area contributed by atoms with Crippen molar-refractivity contribution in [1.29, 1.82) is 0 Å². The van der Waals surface area contributed by atoms with E-state index in [1.165, 1.54) is 29.2 Å². The van der Waals surface area contributed by atoms with E-state index in [0.717, 1.165) is 29.6 Å². The lowest BCUT2D eigenvalue weighted by atomic mass is 9.63. The van der Waals surface area contributed by atoms with Crippen LogP contribution < -0.4 is 4.90 Å². The summed E-state index contributed by atoms with van der Waals surface area (Å²) in [4.78, 5) is 53.7. The van der Waals surface area contributed by atoms with Gasteiger partial charge in [-0.25, -0.2) is 4.79 Å². The molecule has 3 aliphatic rings. The Kier molecular flexibility index (Phi) is 7.29. The maximum atomic E-state index is 14.3. The van der Waals surface area contributed by atoms with Crippen molar-refractivity contribution in [2.45, 2.75) is 32.6 Å². The van der Waals surface area contributed by atoms with E-state index in [0.29, 0.717) is 24.3 Å². The Hall–Kier alpha value is -4.85. The van der Waals surface area contributed by atoms with Gasteiger partial charge in [0.15, 0.2) is 0 Å². The van der Waals surface area contributed by atoms with Gasteiger partial charge in [-0.15, -0.1) is 0 Å². The number of carbonyl (C=O) groups is 3. The minimum absolute atomic E-state index is 0.0960. The number of carbonyl (C=O) groups excluding carboxylic acids is 3. The van der Waals surface area contributed by atoms with Crippen LogP contribution in [-0.4, -0.2) is 22.7 Å². The van der Waals surface area contributed by atoms with Crippen molar-refractivity contribution in [2.75, 3.05) is 4.90 Å². The van der Waals surface area contributed by atoms with Crippen molar-refractivity contribution in [3.05, 3.63) is 124 Å². The van der Waals surface area contributed by atoms with E-state index in [4.69, 9.17) is 4.74 Å². The van der Waals surface area contributed by atoms with Gasteiger partial charge in [-0.05, 0) is 60.6 Å². The molecule has 4 atom stereocenters. The van der Waals surface area contributed by atoms with Crippen LogP contribution in [0.1, 0.15) is 48.5 Å². The average molecular weight is 563 g/mol. The first kappa shape index (κ1) is 27.3. The van der Waals surface area contributed by atoms with Crippen molar-refractivity contribution < 1.29 is 24.0 Å². The first-order chi connectivity index (χ1) is 20.4. The van der Waals surface area contributed by atoms with Crippen LogP contribution in [0, 0.1) is 33.8 Å². The van der Waals surface area contributed by atoms with E-state index in [1.807, 2.05) is 36.4 Å². The number of imide groups is 1. The van der Waals surface area contributed by atoms with Crippen LogP contribution in [0.2, 0.25) is 0 Å². The first-order valence-corrected chi connectivity index (χ1v) is 14.3. The van der Waals surface area contributed by atoms with Crippen LogP contribution in [0.4, 0.5) is 11.4 Å². The normalized spacial score (nSPS) is 23.3. The van der Waals surface area contributed by atoms with Crippen LogP contribution in [0.3, 0.4) is 0 Å². The molecule has 8 nitrogen and oxygen atoms in total. The number of rotatable bonds is 7. The van der Waals surface area contributed by atoms with Gasteiger partial charge in [0.25, 0.3) is 5.69 Å². The molecule has 212 valence electrons. The minimum Gasteiger partial charge on any atom is -0.426 e.